The third-order valence-electron chi connectivity index (χ3n) is 2.56. The highest BCUT2D eigenvalue weighted by Crippen LogP contribution is 2.25. The first-order valence-corrected chi connectivity index (χ1v) is 5.48. The van der Waals surface area contributed by atoms with E-state index < -0.39 is 11.8 Å². The summed E-state index contributed by atoms with van der Waals surface area (Å²) in [6.07, 6.45) is 1.39. The van der Waals surface area contributed by atoms with Crippen molar-refractivity contribution in [3.05, 3.63) is 47.2 Å². The molecule has 0 unspecified atom stereocenters. The molecule has 0 atom stereocenters. The van der Waals surface area contributed by atoms with Gasteiger partial charge in [-0.1, -0.05) is 0 Å². The minimum Gasteiger partial charge on any atom is -0.478 e. The van der Waals surface area contributed by atoms with E-state index in [9.17, 15) is 9.18 Å². The van der Waals surface area contributed by atoms with Crippen LogP contribution in [0.2, 0.25) is 0 Å². The zero-order valence-corrected chi connectivity index (χ0v) is 10.3. The Kier molecular flexibility index (Phi) is 3.41. The molecule has 1 heterocycles. The standard InChI is InChI=1S/C13H11FN2O3/c1-7-8(2)16-12(6-15-7)19-11-4-3-9(14)5-10(11)13(17)18/h3-6H,1-2H3,(H,17,18). The molecule has 1 aromatic heterocycles. The predicted molar refractivity (Wildman–Crippen MR) is 64.9 cm³/mol. The molecule has 98 valence electrons. The maximum atomic E-state index is 13.0. The normalized spacial score (nSPS) is 10.3. The van der Waals surface area contributed by atoms with Crippen LogP contribution in [-0.4, -0.2) is 21.0 Å². The molecule has 0 spiro atoms. The number of aromatic nitrogens is 2. The second kappa shape index (κ2) is 5.01. The highest BCUT2D eigenvalue weighted by atomic mass is 19.1. The monoisotopic (exact) mass is 262 g/mol. The average molecular weight is 262 g/mol. The van der Waals surface area contributed by atoms with E-state index in [0.717, 1.165) is 17.8 Å². The Labute approximate surface area is 108 Å². The van der Waals surface area contributed by atoms with Crippen LogP contribution in [0.25, 0.3) is 0 Å². The van der Waals surface area contributed by atoms with Gasteiger partial charge in [-0.15, -0.1) is 0 Å². The first-order valence-electron chi connectivity index (χ1n) is 5.48. The summed E-state index contributed by atoms with van der Waals surface area (Å²) in [5, 5.41) is 8.98. The van der Waals surface area contributed by atoms with Crippen molar-refractivity contribution < 1.29 is 19.0 Å². The van der Waals surface area contributed by atoms with Gasteiger partial charge in [0.05, 0.1) is 17.6 Å². The van der Waals surface area contributed by atoms with E-state index in [4.69, 9.17) is 9.84 Å². The lowest BCUT2D eigenvalue weighted by Crippen LogP contribution is -2.02. The maximum absolute atomic E-state index is 13.0. The molecule has 5 nitrogen and oxygen atoms in total. The second-order valence-corrected chi connectivity index (χ2v) is 3.93. The first-order chi connectivity index (χ1) is 8.97. The van der Waals surface area contributed by atoms with Crippen LogP contribution in [0.15, 0.2) is 24.4 Å². The largest absolute Gasteiger partial charge is 0.478 e. The van der Waals surface area contributed by atoms with Crippen molar-refractivity contribution in [1.82, 2.24) is 9.97 Å². The van der Waals surface area contributed by atoms with Gasteiger partial charge in [0, 0.05) is 0 Å². The molecule has 6 heteroatoms. The summed E-state index contributed by atoms with van der Waals surface area (Å²) < 4.78 is 18.4. The number of ether oxygens (including phenoxy) is 1. The fraction of sp³-hybridized carbons (Fsp3) is 0.154. The van der Waals surface area contributed by atoms with E-state index in [2.05, 4.69) is 9.97 Å². The van der Waals surface area contributed by atoms with E-state index in [1.807, 2.05) is 0 Å². The Hall–Kier alpha value is -2.50. The van der Waals surface area contributed by atoms with Crippen molar-refractivity contribution in [1.29, 1.82) is 0 Å². The Balaban J connectivity index is 2.37. The molecular formula is C13H11FN2O3. The Morgan fingerprint density at radius 3 is 2.68 bits per heavy atom. The molecule has 0 aliphatic heterocycles. The number of benzene rings is 1. The van der Waals surface area contributed by atoms with Gasteiger partial charge < -0.3 is 9.84 Å². The SMILES string of the molecule is Cc1ncc(Oc2ccc(F)cc2C(=O)O)nc1C. The summed E-state index contributed by atoms with van der Waals surface area (Å²) >= 11 is 0. The third-order valence-corrected chi connectivity index (χ3v) is 2.56. The molecule has 0 aliphatic rings. The van der Waals surface area contributed by atoms with Crippen LogP contribution >= 0.6 is 0 Å². The van der Waals surface area contributed by atoms with Gasteiger partial charge in [-0.05, 0) is 32.0 Å². The number of carboxylic acid groups (broad SMARTS) is 1. The van der Waals surface area contributed by atoms with Gasteiger partial charge >= 0.3 is 5.97 Å². The molecule has 0 radical (unpaired) electrons. The molecule has 19 heavy (non-hydrogen) atoms. The predicted octanol–water partition coefficient (Wildman–Crippen LogP) is 2.72. The Morgan fingerprint density at radius 2 is 2.05 bits per heavy atom. The highest BCUT2D eigenvalue weighted by Gasteiger charge is 2.14. The van der Waals surface area contributed by atoms with Crippen LogP contribution < -0.4 is 4.74 Å². The molecular weight excluding hydrogens is 251 g/mol. The number of hydrogen-bond donors (Lipinski definition) is 1. The number of carbonyl (C=O) groups is 1. The Morgan fingerprint density at radius 1 is 1.32 bits per heavy atom. The van der Waals surface area contributed by atoms with E-state index >= 15 is 0 Å². The summed E-state index contributed by atoms with van der Waals surface area (Å²) in [6.45, 7) is 3.56. The second-order valence-electron chi connectivity index (χ2n) is 3.93. The molecule has 2 rings (SSSR count). The van der Waals surface area contributed by atoms with Crippen LogP contribution in [-0.2, 0) is 0 Å². The number of halogens is 1. The fourth-order valence-electron chi connectivity index (χ4n) is 1.44. The van der Waals surface area contributed by atoms with Crippen LogP contribution in [0, 0.1) is 19.7 Å². The van der Waals surface area contributed by atoms with Gasteiger partial charge in [0.15, 0.2) is 0 Å². The van der Waals surface area contributed by atoms with Crippen molar-refractivity contribution in [2.75, 3.05) is 0 Å². The molecule has 0 amide bonds. The maximum Gasteiger partial charge on any atom is 0.339 e. The lowest BCUT2D eigenvalue weighted by Gasteiger charge is -2.08. The van der Waals surface area contributed by atoms with Gasteiger partial charge in [-0.3, -0.25) is 4.98 Å². The molecule has 0 saturated carbocycles. The van der Waals surface area contributed by atoms with Crippen LogP contribution in [0.3, 0.4) is 0 Å². The minimum atomic E-state index is -1.27. The number of rotatable bonds is 3. The quantitative estimate of drug-likeness (QED) is 0.920. The Bertz CT molecular complexity index is 644. The summed E-state index contributed by atoms with van der Waals surface area (Å²) in [7, 11) is 0. The molecule has 0 bridgehead atoms. The summed E-state index contributed by atoms with van der Waals surface area (Å²) in [4.78, 5) is 19.2. The number of aryl methyl sites for hydroxylation is 2. The average Bonchev–Trinajstić information content (AvgIpc) is 2.36. The molecule has 0 aliphatic carbocycles. The van der Waals surface area contributed by atoms with Crippen molar-refractivity contribution in [3.8, 4) is 11.6 Å². The van der Waals surface area contributed by atoms with Crippen molar-refractivity contribution in [2.45, 2.75) is 13.8 Å². The summed E-state index contributed by atoms with van der Waals surface area (Å²) in [5.74, 6) is -1.73. The summed E-state index contributed by atoms with van der Waals surface area (Å²) in [6, 6.07) is 3.26. The molecule has 2 aromatic rings. The highest BCUT2D eigenvalue weighted by molar-refractivity contribution is 5.90. The van der Waals surface area contributed by atoms with Crippen molar-refractivity contribution in [2.24, 2.45) is 0 Å². The minimum absolute atomic E-state index is 0.0199. The van der Waals surface area contributed by atoms with Crippen LogP contribution in [0.1, 0.15) is 21.7 Å². The first kappa shape index (κ1) is 12.9. The van der Waals surface area contributed by atoms with Crippen molar-refractivity contribution in [3.63, 3.8) is 0 Å². The van der Waals surface area contributed by atoms with E-state index in [0.29, 0.717) is 5.69 Å². The molecule has 1 aromatic carbocycles. The van der Waals surface area contributed by atoms with Gasteiger partial charge in [0.2, 0.25) is 5.88 Å². The summed E-state index contributed by atoms with van der Waals surface area (Å²) in [5.41, 5.74) is 1.17. The molecule has 0 saturated heterocycles. The molecule has 1 N–H and O–H groups in total. The number of carboxylic acids is 1. The van der Waals surface area contributed by atoms with Gasteiger partial charge in [0.25, 0.3) is 0 Å². The van der Waals surface area contributed by atoms with Crippen LogP contribution in [0.5, 0.6) is 11.6 Å². The zero-order chi connectivity index (χ0) is 14.0. The lowest BCUT2D eigenvalue weighted by atomic mass is 10.2. The topological polar surface area (TPSA) is 72.3 Å². The van der Waals surface area contributed by atoms with Crippen LogP contribution in [0.4, 0.5) is 4.39 Å². The van der Waals surface area contributed by atoms with Gasteiger partial charge in [-0.2, -0.15) is 0 Å². The van der Waals surface area contributed by atoms with Gasteiger partial charge in [-0.25, -0.2) is 14.2 Å². The molecule has 0 fully saturated rings. The number of nitrogens with zero attached hydrogens (tertiary/aromatic N) is 2. The van der Waals surface area contributed by atoms with E-state index in [1.54, 1.807) is 13.8 Å². The smallest absolute Gasteiger partial charge is 0.339 e. The van der Waals surface area contributed by atoms with Crippen molar-refractivity contribution >= 4 is 5.97 Å². The lowest BCUT2D eigenvalue weighted by molar-refractivity contribution is 0.0693. The zero-order valence-electron chi connectivity index (χ0n) is 10.3. The van der Waals surface area contributed by atoms with E-state index in [-0.39, 0.29) is 17.2 Å². The number of hydrogen-bond acceptors (Lipinski definition) is 4. The van der Waals surface area contributed by atoms with E-state index in [1.165, 1.54) is 12.3 Å². The third kappa shape index (κ3) is 2.85. The fourth-order valence-corrected chi connectivity index (χ4v) is 1.44. The van der Waals surface area contributed by atoms with Gasteiger partial charge in [0.1, 0.15) is 17.1 Å². The number of aromatic carboxylic acids is 1.